The third kappa shape index (κ3) is 6.81. The normalized spacial score (nSPS) is 17.9. The van der Waals surface area contributed by atoms with E-state index in [0.29, 0.717) is 23.7 Å². The van der Waals surface area contributed by atoms with Gasteiger partial charge < -0.3 is 29.9 Å². The fourth-order valence-corrected chi connectivity index (χ4v) is 7.21. The van der Waals surface area contributed by atoms with Crippen LogP contribution in [0.5, 0.6) is 5.75 Å². The average molecular weight is 653 g/mol. The van der Waals surface area contributed by atoms with E-state index in [9.17, 15) is 0 Å². The summed E-state index contributed by atoms with van der Waals surface area (Å²) in [5.74, 6) is 2.47. The molecule has 1 aliphatic carbocycles. The summed E-state index contributed by atoms with van der Waals surface area (Å²) in [6.45, 7) is 10.8. The molecule has 246 valence electrons. The van der Waals surface area contributed by atoms with Gasteiger partial charge in [-0.3, -0.25) is 14.9 Å². The molecule has 1 saturated carbocycles. The maximum absolute atomic E-state index is 5.97. The first-order valence-electron chi connectivity index (χ1n) is 16.5. The van der Waals surface area contributed by atoms with Gasteiger partial charge in [-0.2, -0.15) is 4.98 Å². The lowest BCUT2D eigenvalue weighted by Crippen LogP contribution is -2.52. The SMILES string of the molecule is C=Cc1cnc(Nc2cc(C3CC3)c(N3CCC(N4CCN(C)CC4)CC3)cc2OC)nc1Nc1ccc2nccnc2c1NSC. The van der Waals surface area contributed by atoms with Gasteiger partial charge in [-0.05, 0) is 62.4 Å². The Kier molecular flexibility index (Phi) is 9.32. The van der Waals surface area contributed by atoms with E-state index in [2.05, 4.69) is 70.8 Å². The number of ether oxygens (including phenoxy) is 1. The van der Waals surface area contributed by atoms with Crippen molar-refractivity contribution < 1.29 is 4.74 Å². The Labute approximate surface area is 281 Å². The predicted octanol–water partition coefficient (Wildman–Crippen LogP) is 6.34. The van der Waals surface area contributed by atoms with Crippen LogP contribution in [0, 0.1) is 0 Å². The number of methoxy groups -OCH3 is 1. The van der Waals surface area contributed by atoms with Crippen molar-refractivity contribution >= 4 is 63.6 Å². The van der Waals surface area contributed by atoms with Crippen LogP contribution in [0.25, 0.3) is 17.1 Å². The molecule has 7 rings (SSSR count). The number of nitrogens with zero attached hydrogens (tertiary/aromatic N) is 7. The molecule has 0 bridgehead atoms. The number of anilines is 6. The molecule has 47 heavy (non-hydrogen) atoms. The second kappa shape index (κ2) is 13.9. The van der Waals surface area contributed by atoms with Crippen molar-refractivity contribution in [1.82, 2.24) is 29.7 Å². The summed E-state index contributed by atoms with van der Waals surface area (Å²) in [7, 11) is 3.96. The summed E-state index contributed by atoms with van der Waals surface area (Å²) in [5, 5.41) is 6.98. The van der Waals surface area contributed by atoms with Gasteiger partial charge in [-0.15, -0.1) is 0 Å². The number of benzene rings is 2. The van der Waals surface area contributed by atoms with Gasteiger partial charge in [0.2, 0.25) is 5.95 Å². The lowest BCUT2D eigenvalue weighted by Gasteiger charge is -2.43. The third-order valence-electron chi connectivity index (χ3n) is 9.61. The zero-order valence-corrected chi connectivity index (χ0v) is 28.3. The molecule has 2 aromatic heterocycles. The Morgan fingerprint density at radius 2 is 1.72 bits per heavy atom. The number of piperazine rings is 1. The van der Waals surface area contributed by atoms with E-state index >= 15 is 0 Å². The summed E-state index contributed by atoms with van der Waals surface area (Å²) in [5.41, 5.74) is 7.60. The molecule has 11 nitrogen and oxygen atoms in total. The van der Waals surface area contributed by atoms with Gasteiger partial charge in [-0.25, -0.2) is 4.98 Å². The Bertz CT molecular complexity index is 1730. The lowest BCUT2D eigenvalue weighted by atomic mass is 9.99. The van der Waals surface area contributed by atoms with Crippen molar-refractivity contribution in [2.45, 2.75) is 37.6 Å². The van der Waals surface area contributed by atoms with Gasteiger partial charge in [0.05, 0.1) is 29.7 Å². The highest BCUT2D eigenvalue weighted by molar-refractivity contribution is 7.99. The van der Waals surface area contributed by atoms with E-state index in [1.54, 1.807) is 31.8 Å². The number of likely N-dealkylation sites (N-methyl/N-ethyl adjacent to an activating group) is 1. The van der Waals surface area contributed by atoms with Crippen LogP contribution in [-0.4, -0.2) is 95.5 Å². The first-order chi connectivity index (χ1) is 23.0. The quantitative estimate of drug-likeness (QED) is 0.157. The molecule has 2 aromatic carbocycles. The van der Waals surface area contributed by atoms with Gasteiger partial charge in [-0.1, -0.05) is 24.6 Å². The third-order valence-corrected chi connectivity index (χ3v) is 10.0. The van der Waals surface area contributed by atoms with Crippen molar-refractivity contribution in [3.8, 4) is 5.75 Å². The number of nitrogens with one attached hydrogen (secondary N) is 3. The van der Waals surface area contributed by atoms with Crippen LogP contribution in [0.3, 0.4) is 0 Å². The van der Waals surface area contributed by atoms with Crippen LogP contribution >= 0.6 is 11.9 Å². The minimum Gasteiger partial charge on any atom is -0.494 e. The average Bonchev–Trinajstić information content (AvgIpc) is 3.96. The largest absolute Gasteiger partial charge is 0.494 e. The molecule has 12 heteroatoms. The minimum absolute atomic E-state index is 0.471. The fraction of sp³-hybridized carbons (Fsp3) is 0.429. The topological polar surface area (TPSA) is 107 Å². The van der Waals surface area contributed by atoms with Crippen LogP contribution in [0.15, 0.2) is 49.4 Å². The molecular weight excluding hydrogens is 609 g/mol. The van der Waals surface area contributed by atoms with Crippen LogP contribution < -0.4 is 25.0 Å². The van der Waals surface area contributed by atoms with Crippen LogP contribution in [0.1, 0.15) is 42.7 Å². The molecule has 2 aliphatic heterocycles. The lowest BCUT2D eigenvalue weighted by molar-refractivity contribution is 0.0982. The molecule has 0 radical (unpaired) electrons. The molecule has 0 atom stereocenters. The van der Waals surface area contributed by atoms with Crippen LogP contribution in [0.4, 0.5) is 34.5 Å². The smallest absolute Gasteiger partial charge is 0.229 e. The summed E-state index contributed by atoms with van der Waals surface area (Å²) in [6.07, 6.45) is 13.7. The Balaban J connectivity index is 1.13. The van der Waals surface area contributed by atoms with E-state index in [1.165, 1.54) is 75.1 Å². The summed E-state index contributed by atoms with van der Waals surface area (Å²) >= 11 is 1.50. The Morgan fingerprint density at radius 1 is 0.936 bits per heavy atom. The van der Waals surface area contributed by atoms with E-state index in [-0.39, 0.29) is 0 Å². The number of fused-ring (bicyclic) bond motifs is 1. The van der Waals surface area contributed by atoms with Crippen LogP contribution in [0.2, 0.25) is 0 Å². The first kappa shape index (κ1) is 31.5. The second-order valence-corrected chi connectivity index (χ2v) is 13.2. The van der Waals surface area contributed by atoms with E-state index < -0.39 is 0 Å². The highest BCUT2D eigenvalue weighted by Crippen LogP contribution is 2.48. The molecule has 4 heterocycles. The van der Waals surface area contributed by atoms with Crippen molar-refractivity contribution in [2.75, 3.05) is 79.9 Å². The molecule has 3 N–H and O–H groups in total. The molecule has 0 spiro atoms. The number of hydrogen-bond acceptors (Lipinski definition) is 12. The van der Waals surface area contributed by atoms with E-state index in [1.807, 2.05) is 18.4 Å². The second-order valence-electron chi connectivity index (χ2n) is 12.6. The molecule has 2 saturated heterocycles. The zero-order valence-electron chi connectivity index (χ0n) is 27.5. The highest BCUT2D eigenvalue weighted by atomic mass is 32.2. The molecule has 4 aromatic rings. The van der Waals surface area contributed by atoms with Crippen molar-refractivity contribution in [1.29, 1.82) is 0 Å². The maximum atomic E-state index is 5.97. The number of hydrogen-bond donors (Lipinski definition) is 3. The summed E-state index contributed by atoms with van der Waals surface area (Å²) in [6, 6.07) is 9.10. The minimum atomic E-state index is 0.471. The predicted molar refractivity (Wildman–Crippen MR) is 195 cm³/mol. The fourth-order valence-electron chi connectivity index (χ4n) is 6.80. The van der Waals surface area contributed by atoms with Crippen molar-refractivity contribution in [3.05, 3.63) is 60.6 Å². The summed E-state index contributed by atoms with van der Waals surface area (Å²) < 4.78 is 9.34. The molecular formula is C35H44N10OS. The van der Waals surface area contributed by atoms with Gasteiger partial charge in [0.1, 0.15) is 17.1 Å². The maximum Gasteiger partial charge on any atom is 0.229 e. The number of aromatic nitrogens is 4. The van der Waals surface area contributed by atoms with Crippen LogP contribution in [-0.2, 0) is 0 Å². The first-order valence-corrected chi connectivity index (χ1v) is 17.7. The van der Waals surface area contributed by atoms with Crippen molar-refractivity contribution in [2.24, 2.45) is 0 Å². The Hall–Kier alpha value is -4.13. The Morgan fingerprint density at radius 3 is 2.45 bits per heavy atom. The van der Waals surface area contributed by atoms with E-state index in [4.69, 9.17) is 9.72 Å². The van der Waals surface area contributed by atoms with Gasteiger partial charge in [0.15, 0.2) is 0 Å². The standard InChI is InChI=1S/C35H44N10OS/c1-5-23-22-38-35(41-34(23)39-28-9-8-27-32(33(28)42-47-4)37-13-12-36-27)40-29-20-26(24-6-7-24)30(21-31(29)46-3)45-14-10-25(11-15-45)44-18-16-43(2)17-19-44/h5,8-9,12-13,20-22,24-25,42H,1,6-7,10-11,14-19H2,2-4H3,(H2,38,39,40,41). The van der Waals surface area contributed by atoms with E-state index in [0.717, 1.165) is 52.5 Å². The molecule has 3 aliphatic rings. The van der Waals surface area contributed by atoms with Gasteiger partial charge in [0.25, 0.3) is 0 Å². The molecule has 3 fully saturated rings. The van der Waals surface area contributed by atoms with Crippen molar-refractivity contribution in [3.63, 3.8) is 0 Å². The van der Waals surface area contributed by atoms with Gasteiger partial charge in [0, 0.05) is 87.5 Å². The molecule has 0 amide bonds. The molecule has 0 unspecified atom stereocenters. The highest BCUT2D eigenvalue weighted by Gasteiger charge is 2.32. The summed E-state index contributed by atoms with van der Waals surface area (Å²) in [4.78, 5) is 26.3. The number of rotatable bonds is 11. The van der Waals surface area contributed by atoms with Gasteiger partial charge >= 0.3 is 0 Å². The zero-order chi connectivity index (χ0) is 32.3. The number of piperidine rings is 1. The monoisotopic (exact) mass is 652 g/mol.